The first-order valence-electron chi connectivity index (χ1n) is 5.59. The molecular weight excluding hydrogens is 218 g/mol. The zero-order valence-electron chi connectivity index (χ0n) is 9.82. The van der Waals surface area contributed by atoms with Gasteiger partial charge in [-0.05, 0) is 25.5 Å². The molecule has 1 heterocycles. The summed E-state index contributed by atoms with van der Waals surface area (Å²) in [5.41, 5.74) is 2.66. The quantitative estimate of drug-likeness (QED) is 0.785. The maximum absolute atomic E-state index is 11.2. The van der Waals surface area contributed by atoms with Crippen molar-refractivity contribution in [1.82, 2.24) is 4.90 Å². The highest BCUT2D eigenvalue weighted by Crippen LogP contribution is 2.27. The molecular formula is C13H17NOS. The summed E-state index contributed by atoms with van der Waals surface area (Å²) in [6.07, 6.45) is 0. The summed E-state index contributed by atoms with van der Waals surface area (Å²) in [4.78, 5) is 14.8. The standard InChI is InChI=1S/C13H17NOS/c1-10-3-4-13-12(7-10)9-14(5-6-16-13)8-11(2)15/h3-4,7H,5-6,8-9H2,1-2H3. The van der Waals surface area contributed by atoms with Crippen LogP contribution in [0.1, 0.15) is 18.1 Å². The molecule has 0 aliphatic carbocycles. The lowest BCUT2D eigenvalue weighted by Crippen LogP contribution is -2.29. The van der Waals surface area contributed by atoms with Gasteiger partial charge in [0.2, 0.25) is 0 Å². The van der Waals surface area contributed by atoms with Crippen LogP contribution in [0.15, 0.2) is 23.1 Å². The maximum atomic E-state index is 11.2. The van der Waals surface area contributed by atoms with Crippen LogP contribution in [0.4, 0.5) is 0 Å². The summed E-state index contributed by atoms with van der Waals surface area (Å²) in [5.74, 6) is 1.32. The average Bonchev–Trinajstić information content (AvgIpc) is 2.37. The monoisotopic (exact) mass is 235 g/mol. The Morgan fingerprint density at radius 1 is 1.50 bits per heavy atom. The number of aryl methyl sites for hydroxylation is 1. The number of nitrogens with zero attached hydrogens (tertiary/aromatic N) is 1. The molecule has 0 atom stereocenters. The van der Waals surface area contributed by atoms with Gasteiger partial charge in [0.05, 0.1) is 6.54 Å². The van der Waals surface area contributed by atoms with Crippen LogP contribution in [0.3, 0.4) is 0 Å². The first-order chi connectivity index (χ1) is 7.65. The van der Waals surface area contributed by atoms with Crippen LogP contribution in [0, 0.1) is 6.92 Å². The predicted octanol–water partition coefficient (Wildman–Crippen LogP) is 2.49. The number of hydrogen-bond donors (Lipinski definition) is 0. The third-order valence-corrected chi connectivity index (χ3v) is 3.82. The van der Waals surface area contributed by atoms with Gasteiger partial charge in [-0.1, -0.05) is 17.7 Å². The average molecular weight is 235 g/mol. The summed E-state index contributed by atoms with van der Waals surface area (Å²) >= 11 is 1.90. The molecule has 1 aromatic carbocycles. The minimum atomic E-state index is 0.251. The molecule has 3 heteroatoms. The molecule has 0 N–H and O–H groups in total. The van der Waals surface area contributed by atoms with Crippen molar-refractivity contribution in [3.63, 3.8) is 0 Å². The Balaban J connectivity index is 2.19. The predicted molar refractivity (Wildman–Crippen MR) is 67.9 cm³/mol. The van der Waals surface area contributed by atoms with Gasteiger partial charge in [-0.15, -0.1) is 11.8 Å². The Labute approximate surface area is 101 Å². The Hall–Kier alpha value is -0.800. The normalized spacial score (nSPS) is 16.6. The molecule has 0 saturated carbocycles. The smallest absolute Gasteiger partial charge is 0.143 e. The first kappa shape index (κ1) is 11.7. The third kappa shape index (κ3) is 2.86. The van der Waals surface area contributed by atoms with E-state index >= 15 is 0 Å². The summed E-state index contributed by atoms with van der Waals surface area (Å²) in [7, 11) is 0. The Morgan fingerprint density at radius 2 is 2.31 bits per heavy atom. The van der Waals surface area contributed by atoms with Gasteiger partial charge in [-0.25, -0.2) is 0 Å². The van der Waals surface area contributed by atoms with Crippen molar-refractivity contribution in [3.8, 4) is 0 Å². The number of hydrogen-bond acceptors (Lipinski definition) is 3. The van der Waals surface area contributed by atoms with Gasteiger partial charge in [-0.3, -0.25) is 9.69 Å². The molecule has 1 aromatic rings. The largest absolute Gasteiger partial charge is 0.299 e. The molecule has 0 bridgehead atoms. The zero-order valence-corrected chi connectivity index (χ0v) is 10.6. The van der Waals surface area contributed by atoms with Crippen LogP contribution in [-0.2, 0) is 11.3 Å². The van der Waals surface area contributed by atoms with E-state index in [0.29, 0.717) is 6.54 Å². The van der Waals surface area contributed by atoms with Crippen molar-refractivity contribution in [2.45, 2.75) is 25.3 Å². The van der Waals surface area contributed by atoms with Crippen LogP contribution in [-0.4, -0.2) is 29.5 Å². The lowest BCUT2D eigenvalue weighted by Gasteiger charge is -2.18. The molecule has 16 heavy (non-hydrogen) atoms. The van der Waals surface area contributed by atoms with Crippen molar-refractivity contribution in [1.29, 1.82) is 0 Å². The number of carbonyl (C=O) groups excluding carboxylic acids is 1. The molecule has 0 spiro atoms. The fourth-order valence-corrected chi connectivity index (χ4v) is 3.07. The highest BCUT2D eigenvalue weighted by atomic mass is 32.2. The molecule has 0 amide bonds. The van der Waals surface area contributed by atoms with Crippen molar-refractivity contribution in [3.05, 3.63) is 29.3 Å². The molecule has 0 saturated heterocycles. The van der Waals surface area contributed by atoms with Crippen LogP contribution < -0.4 is 0 Å². The van der Waals surface area contributed by atoms with E-state index in [1.165, 1.54) is 16.0 Å². The van der Waals surface area contributed by atoms with Gasteiger partial charge in [0.1, 0.15) is 5.78 Å². The number of Topliss-reactive ketones (excluding diaryl/α,β-unsaturated/α-hetero) is 1. The van der Waals surface area contributed by atoms with Gasteiger partial charge < -0.3 is 0 Å². The van der Waals surface area contributed by atoms with Gasteiger partial charge in [0.25, 0.3) is 0 Å². The van der Waals surface area contributed by atoms with Gasteiger partial charge in [0.15, 0.2) is 0 Å². The molecule has 0 unspecified atom stereocenters. The Kier molecular flexibility index (Phi) is 3.66. The van der Waals surface area contributed by atoms with E-state index in [9.17, 15) is 4.79 Å². The molecule has 0 fully saturated rings. The fourth-order valence-electron chi connectivity index (χ4n) is 2.03. The lowest BCUT2D eigenvalue weighted by molar-refractivity contribution is -0.118. The second-order valence-electron chi connectivity index (χ2n) is 4.37. The SMILES string of the molecule is CC(=O)CN1CCSc2ccc(C)cc2C1. The van der Waals surface area contributed by atoms with Gasteiger partial charge in [-0.2, -0.15) is 0 Å². The van der Waals surface area contributed by atoms with E-state index in [0.717, 1.165) is 18.8 Å². The highest BCUT2D eigenvalue weighted by Gasteiger charge is 2.15. The molecule has 2 nitrogen and oxygen atoms in total. The van der Waals surface area contributed by atoms with Crippen LogP contribution >= 0.6 is 11.8 Å². The second kappa shape index (κ2) is 5.02. The maximum Gasteiger partial charge on any atom is 0.143 e. The minimum Gasteiger partial charge on any atom is -0.299 e. The fraction of sp³-hybridized carbons (Fsp3) is 0.462. The molecule has 86 valence electrons. The summed E-state index contributed by atoms with van der Waals surface area (Å²) in [6, 6.07) is 6.60. The number of thioether (sulfide) groups is 1. The lowest BCUT2D eigenvalue weighted by atomic mass is 10.1. The third-order valence-electron chi connectivity index (χ3n) is 2.72. The van der Waals surface area contributed by atoms with Crippen molar-refractivity contribution in [2.24, 2.45) is 0 Å². The van der Waals surface area contributed by atoms with Crippen molar-refractivity contribution in [2.75, 3.05) is 18.8 Å². The summed E-state index contributed by atoms with van der Waals surface area (Å²) < 4.78 is 0. The van der Waals surface area contributed by atoms with E-state index in [4.69, 9.17) is 0 Å². The number of benzene rings is 1. The number of ketones is 1. The van der Waals surface area contributed by atoms with E-state index in [2.05, 4.69) is 30.0 Å². The molecule has 0 aromatic heterocycles. The Morgan fingerprint density at radius 3 is 3.06 bits per heavy atom. The zero-order chi connectivity index (χ0) is 11.5. The van der Waals surface area contributed by atoms with Gasteiger partial charge in [0, 0.05) is 23.7 Å². The first-order valence-corrected chi connectivity index (χ1v) is 6.58. The van der Waals surface area contributed by atoms with E-state index < -0.39 is 0 Å². The number of carbonyl (C=O) groups is 1. The molecule has 1 aliphatic rings. The van der Waals surface area contributed by atoms with Crippen LogP contribution in [0.2, 0.25) is 0 Å². The number of rotatable bonds is 2. The van der Waals surface area contributed by atoms with Crippen LogP contribution in [0.25, 0.3) is 0 Å². The highest BCUT2D eigenvalue weighted by molar-refractivity contribution is 7.99. The van der Waals surface area contributed by atoms with E-state index in [1.54, 1.807) is 6.92 Å². The van der Waals surface area contributed by atoms with Crippen molar-refractivity contribution >= 4 is 17.5 Å². The molecule has 2 rings (SSSR count). The summed E-state index contributed by atoms with van der Waals surface area (Å²) in [5, 5.41) is 0. The van der Waals surface area contributed by atoms with E-state index in [-0.39, 0.29) is 5.78 Å². The van der Waals surface area contributed by atoms with Crippen molar-refractivity contribution < 1.29 is 4.79 Å². The number of fused-ring (bicyclic) bond motifs is 1. The minimum absolute atomic E-state index is 0.251. The Bertz CT molecular complexity index is 403. The second-order valence-corrected chi connectivity index (χ2v) is 5.51. The summed E-state index contributed by atoms with van der Waals surface area (Å²) in [6.45, 7) is 6.26. The topological polar surface area (TPSA) is 20.3 Å². The van der Waals surface area contributed by atoms with E-state index in [1.807, 2.05) is 11.8 Å². The van der Waals surface area contributed by atoms with Crippen LogP contribution in [0.5, 0.6) is 0 Å². The van der Waals surface area contributed by atoms with Gasteiger partial charge >= 0.3 is 0 Å². The molecule has 1 aliphatic heterocycles. The molecule has 0 radical (unpaired) electrons.